The van der Waals surface area contributed by atoms with Gasteiger partial charge in [-0.25, -0.2) is 4.39 Å². The molecular weight excluding hydrogens is 255 g/mol. The summed E-state index contributed by atoms with van der Waals surface area (Å²) in [5.74, 6) is -0.488. The van der Waals surface area contributed by atoms with Crippen LogP contribution in [0.4, 0.5) is 4.39 Å². The van der Waals surface area contributed by atoms with Gasteiger partial charge in [0.25, 0.3) is 0 Å². The van der Waals surface area contributed by atoms with Crippen LogP contribution in [0.3, 0.4) is 0 Å². The fraction of sp³-hybridized carbons (Fsp3) is 0.308. The van der Waals surface area contributed by atoms with Gasteiger partial charge in [-0.15, -0.1) is 0 Å². The third-order valence-electron chi connectivity index (χ3n) is 2.76. The molecule has 1 heterocycles. The highest BCUT2D eigenvalue weighted by Crippen LogP contribution is 2.23. The van der Waals surface area contributed by atoms with Gasteiger partial charge in [-0.05, 0) is 24.6 Å². The van der Waals surface area contributed by atoms with Crippen molar-refractivity contribution in [1.29, 1.82) is 0 Å². The molecule has 1 aromatic carbocycles. The highest BCUT2D eigenvalue weighted by atomic mass is 35.5. The molecule has 1 N–H and O–H groups in total. The molecule has 0 radical (unpaired) electrons. The van der Waals surface area contributed by atoms with Crippen molar-refractivity contribution in [2.45, 2.75) is 26.0 Å². The Balaban J connectivity index is 2.13. The van der Waals surface area contributed by atoms with Crippen LogP contribution in [0.2, 0.25) is 5.02 Å². The van der Waals surface area contributed by atoms with Gasteiger partial charge in [-0.2, -0.15) is 5.10 Å². The Morgan fingerprint density at radius 2 is 2.28 bits per heavy atom. The van der Waals surface area contributed by atoms with E-state index in [9.17, 15) is 9.50 Å². The van der Waals surface area contributed by atoms with Crippen LogP contribution in [-0.2, 0) is 13.0 Å². The van der Waals surface area contributed by atoms with Crippen molar-refractivity contribution in [3.8, 4) is 0 Å². The average molecular weight is 269 g/mol. The molecule has 2 rings (SSSR count). The predicted octanol–water partition coefficient (Wildman–Crippen LogP) is 2.97. The number of halogens is 2. The lowest BCUT2D eigenvalue weighted by Crippen LogP contribution is -2.04. The minimum absolute atomic E-state index is 0.253. The van der Waals surface area contributed by atoms with E-state index in [1.54, 1.807) is 16.9 Å². The Bertz CT molecular complexity index is 542. The summed E-state index contributed by atoms with van der Waals surface area (Å²) < 4.78 is 15.4. The summed E-state index contributed by atoms with van der Waals surface area (Å²) in [6.45, 7) is 2.75. The topological polar surface area (TPSA) is 38.0 Å². The maximum Gasteiger partial charge on any atom is 0.130 e. The van der Waals surface area contributed by atoms with Gasteiger partial charge in [0.15, 0.2) is 0 Å². The molecule has 0 fully saturated rings. The fourth-order valence-electron chi connectivity index (χ4n) is 1.79. The monoisotopic (exact) mass is 268 g/mol. The lowest BCUT2D eigenvalue weighted by molar-refractivity contribution is 0.173. The van der Waals surface area contributed by atoms with Crippen LogP contribution in [0.15, 0.2) is 30.6 Å². The second kappa shape index (κ2) is 5.50. The molecule has 0 spiro atoms. The van der Waals surface area contributed by atoms with Crippen molar-refractivity contribution in [2.24, 2.45) is 0 Å². The van der Waals surface area contributed by atoms with Crippen molar-refractivity contribution in [1.82, 2.24) is 9.78 Å². The minimum Gasteiger partial charge on any atom is -0.388 e. The standard InChI is InChI=1S/C13H14ClFN2O/c1-2-17-8-9(7-16-17)5-13(18)11-4-3-10(14)6-12(11)15/h3-4,6-8,13,18H,2,5H2,1H3. The van der Waals surface area contributed by atoms with Gasteiger partial charge in [0.1, 0.15) is 5.82 Å². The van der Waals surface area contributed by atoms with E-state index in [1.165, 1.54) is 12.1 Å². The Kier molecular flexibility index (Phi) is 3.99. The van der Waals surface area contributed by atoms with Crippen molar-refractivity contribution in [3.63, 3.8) is 0 Å². The first kappa shape index (κ1) is 13.1. The maximum absolute atomic E-state index is 13.6. The second-order valence-electron chi connectivity index (χ2n) is 4.09. The van der Waals surface area contributed by atoms with Crippen molar-refractivity contribution in [2.75, 3.05) is 0 Å². The molecule has 0 amide bonds. The number of hydrogen-bond acceptors (Lipinski definition) is 2. The summed E-state index contributed by atoms with van der Waals surface area (Å²) >= 11 is 5.67. The fourth-order valence-corrected chi connectivity index (χ4v) is 1.95. The van der Waals surface area contributed by atoms with E-state index in [-0.39, 0.29) is 5.56 Å². The van der Waals surface area contributed by atoms with Crippen LogP contribution in [-0.4, -0.2) is 14.9 Å². The quantitative estimate of drug-likeness (QED) is 0.926. The van der Waals surface area contributed by atoms with Gasteiger partial charge in [0.2, 0.25) is 0 Å². The van der Waals surface area contributed by atoms with Crippen molar-refractivity contribution in [3.05, 3.63) is 52.6 Å². The van der Waals surface area contributed by atoms with E-state index in [0.29, 0.717) is 11.4 Å². The first-order chi connectivity index (χ1) is 8.60. The first-order valence-electron chi connectivity index (χ1n) is 5.74. The highest BCUT2D eigenvalue weighted by Gasteiger charge is 2.14. The summed E-state index contributed by atoms with van der Waals surface area (Å²) in [7, 11) is 0. The largest absolute Gasteiger partial charge is 0.388 e. The molecule has 0 bridgehead atoms. The second-order valence-corrected chi connectivity index (χ2v) is 4.53. The zero-order valence-electron chi connectivity index (χ0n) is 9.98. The SMILES string of the molecule is CCn1cc(CC(O)c2ccc(Cl)cc2F)cn1. The molecule has 1 atom stereocenters. The van der Waals surface area contributed by atoms with Crippen LogP contribution in [0.25, 0.3) is 0 Å². The molecule has 1 aromatic heterocycles. The summed E-state index contributed by atoms with van der Waals surface area (Å²) in [5, 5.41) is 14.4. The van der Waals surface area contributed by atoms with Crippen LogP contribution in [0.5, 0.6) is 0 Å². The van der Waals surface area contributed by atoms with Crippen LogP contribution < -0.4 is 0 Å². The number of aromatic nitrogens is 2. The average Bonchev–Trinajstić information content (AvgIpc) is 2.76. The molecule has 1 unspecified atom stereocenters. The normalized spacial score (nSPS) is 12.7. The first-order valence-corrected chi connectivity index (χ1v) is 6.12. The Morgan fingerprint density at radius 1 is 1.50 bits per heavy atom. The summed E-state index contributed by atoms with van der Waals surface area (Å²) in [4.78, 5) is 0. The van der Waals surface area contributed by atoms with Crippen LogP contribution in [0, 0.1) is 5.82 Å². The van der Waals surface area contributed by atoms with E-state index in [2.05, 4.69) is 5.10 Å². The van der Waals surface area contributed by atoms with Gasteiger partial charge in [-0.1, -0.05) is 17.7 Å². The third kappa shape index (κ3) is 2.89. The molecule has 2 aromatic rings. The van der Waals surface area contributed by atoms with E-state index in [0.717, 1.165) is 12.1 Å². The zero-order valence-corrected chi connectivity index (χ0v) is 10.7. The lowest BCUT2D eigenvalue weighted by atomic mass is 10.0. The number of aliphatic hydroxyl groups is 1. The number of benzene rings is 1. The molecule has 18 heavy (non-hydrogen) atoms. The molecule has 0 aliphatic carbocycles. The maximum atomic E-state index is 13.6. The molecule has 0 saturated heterocycles. The smallest absolute Gasteiger partial charge is 0.130 e. The van der Waals surface area contributed by atoms with E-state index in [4.69, 9.17) is 11.6 Å². The van der Waals surface area contributed by atoms with Gasteiger partial charge in [0.05, 0.1) is 12.3 Å². The van der Waals surface area contributed by atoms with Gasteiger partial charge >= 0.3 is 0 Å². The number of aryl methyl sites for hydroxylation is 1. The van der Waals surface area contributed by atoms with Gasteiger partial charge in [0, 0.05) is 29.7 Å². The number of rotatable bonds is 4. The number of aliphatic hydroxyl groups excluding tert-OH is 1. The Hall–Kier alpha value is -1.39. The van der Waals surface area contributed by atoms with Crippen LogP contribution >= 0.6 is 11.6 Å². The molecule has 0 aliphatic rings. The highest BCUT2D eigenvalue weighted by molar-refractivity contribution is 6.30. The molecule has 5 heteroatoms. The predicted molar refractivity (Wildman–Crippen MR) is 68.0 cm³/mol. The molecule has 96 valence electrons. The molecule has 0 saturated carbocycles. The lowest BCUT2D eigenvalue weighted by Gasteiger charge is -2.10. The van der Waals surface area contributed by atoms with E-state index >= 15 is 0 Å². The van der Waals surface area contributed by atoms with Gasteiger partial charge in [-0.3, -0.25) is 4.68 Å². The Morgan fingerprint density at radius 3 is 2.89 bits per heavy atom. The van der Waals surface area contributed by atoms with Crippen molar-refractivity contribution >= 4 is 11.6 Å². The van der Waals surface area contributed by atoms with E-state index in [1.807, 2.05) is 13.1 Å². The number of nitrogens with zero attached hydrogens (tertiary/aromatic N) is 2. The Labute approximate surface area is 110 Å². The van der Waals surface area contributed by atoms with Gasteiger partial charge < -0.3 is 5.11 Å². The molecular formula is C13H14ClFN2O. The van der Waals surface area contributed by atoms with E-state index < -0.39 is 11.9 Å². The summed E-state index contributed by atoms with van der Waals surface area (Å²) in [6, 6.07) is 4.28. The van der Waals surface area contributed by atoms with Crippen LogP contribution in [0.1, 0.15) is 24.2 Å². The molecule has 0 aliphatic heterocycles. The van der Waals surface area contributed by atoms with Crippen molar-refractivity contribution < 1.29 is 9.50 Å². The summed E-state index contributed by atoms with van der Waals surface area (Å²) in [5.41, 5.74) is 1.13. The zero-order chi connectivity index (χ0) is 13.1. The number of hydrogen-bond donors (Lipinski definition) is 1. The third-order valence-corrected chi connectivity index (χ3v) is 3.00. The minimum atomic E-state index is -0.892. The summed E-state index contributed by atoms with van der Waals surface area (Å²) in [6.07, 6.45) is 2.97. The molecule has 3 nitrogen and oxygen atoms in total.